The summed E-state index contributed by atoms with van der Waals surface area (Å²) >= 11 is 0. The first-order valence-electron chi connectivity index (χ1n) is 10.7. The maximum Gasteiger partial charge on any atom is 0.337 e. The number of carboxylic acids is 1. The van der Waals surface area contributed by atoms with E-state index in [1.165, 1.54) is 18.9 Å². The minimum absolute atomic E-state index is 0.0595. The van der Waals surface area contributed by atoms with Crippen molar-refractivity contribution < 1.29 is 24.2 Å². The lowest BCUT2D eigenvalue weighted by Gasteiger charge is -2.13. The molecular weight excluding hydrogens is 406 g/mol. The normalized spacial score (nSPS) is 13.5. The molecule has 1 aliphatic carbocycles. The molecule has 0 heterocycles. The van der Waals surface area contributed by atoms with E-state index in [0.717, 1.165) is 24.2 Å². The lowest BCUT2D eigenvalue weighted by molar-refractivity contribution is -0.115. The number of rotatable bonds is 8. The standard InChI is InChI=1S/C26H25NO5/c28-25(27-24-8-4-3-7-23(24)26(29)30)17-18-9-11-20(12-10-18)32-22-15-13-21(14-16-22)31-19-5-1-2-6-19/h3-4,7-16,19H,1-2,5-6,17H2,(H,27,28)(H,29,30). The first-order valence-corrected chi connectivity index (χ1v) is 10.7. The summed E-state index contributed by atoms with van der Waals surface area (Å²) in [6, 6.07) is 21.2. The van der Waals surface area contributed by atoms with Crippen molar-refractivity contribution in [3.8, 4) is 17.2 Å². The zero-order chi connectivity index (χ0) is 22.3. The van der Waals surface area contributed by atoms with E-state index in [1.807, 2.05) is 36.4 Å². The second-order valence-corrected chi connectivity index (χ2v) is 7.82. The van der Waals surface area contributed by atoms with Gasteiger partial charge in [-0.05, 0) is 79.8 Å². The zero-order valence-corrected chi connectivity index (χ0v) is 17.6. The lowest BCUT2D eigenvalue weighted by Crippen LogP contribution is -2.16. The van der Waals surface area contributed by atoms with Gasteiger partial charge in [-0.2, -0.15) is 0 Å². The smallest absolute Gasteiger partial charge is 0.337 e. The molecule has 0 aromatic heterocycles. The number of carbonyl (C=O) groups is 2. The zero-order valence-electron chi connectivity index (χ0n) is 17.6. The maximum absolute atomic E-state index is 12.3. The predicted molar refractivity (Wildman–Crippen MR) is 122 cm³/mol. The molecule has 2 N–H and O–H groups in total. The summed E-state index contributed by atoms with van der Waals surface area (Å²) in [4.78, 5) is 23.6. The van der Waals surface area contributed by atoms with Crippen molar-refractivity contribution in [1.82, 2.24) is 0 Å². The Balaban J connectivity index is 1.31. The molecule has 32 heavy (non-hydrogen) atoms. The van der Waals surface area contributed by atoms with Crippen LogP contribution in [0, 0.1) is 0 Å². The van der Waals surface area contributed by atoms with Gasteiger partial charge in [0, 0.05) is 0 Å². The molecule has 6 heteroatoms. The molecule has 0 aliphatic heterocycles. The monoisotopic (exact) mass is 431 g/mol. The van der Waals surface area contributed by atoms with Gasteiger partial charge in [-0.3, -0.25) is 4.79 Å². The average Bonchev–Trinajstić information content (AvgIpc) is 3.30. The fourth-order valence-corrected chi connectivity index (χ4v) is 3.75. The van der Waals surface area contributed by atoms with Crippen molar-refractivity contribution in [3.63, 3.8) is 0 Å². The van der Waals surface area contributed by atoms with Crippen LogP contribution in [0.25, 0.3) is 0 Å². The van der Waals surface area contributed by atoms with E-state index < -0.39 is 5.97 Å². The third-order valence-electron chi connectivity index (χ3n) is 5.38. The molecule has 1 saturated carbocycles. The molecule has 4 rings (SSSR count). The Hall–Kier alpha value is -3.80. The summed E-state index contributed by atoms with van der Waals surface area (Å²) in [6.45, 7) is 0. The Morgan fingerprint density at radius 1 is 0.844 bits per heavy atom. The number of nitrogens with one attached hydrogen (secondary N) is 1. The van der Waals surface area contributed by atoms with Crippen molar-refractivity contribution in [2.45, 2.75) is 38.2 Å². The van der Waals surface area contributed by atoms with Crippen LogP contribution in [0.3, 0.4) is 0 Å². The highest BCUT2D eigenvalue weighted by molar-refractivity contribution is 6.00. The van der Waals surface area contributed by atoms with Crippen molar-refractivity contribution in [2.75, 3.05) is 5.32 Å². The molecule has 1 amide bonds. The van der Waals surface area contributed by atoms with E-state index in [2.05, 4.69) is 5.32 Å². The number of aromatic carboxylic acids is 1. The molecule has 3 aromatic carbocycles. The molecule has 164 valence electrons. The minimum atomic E-state index is -1.08. The van der Waals surface area contributed by atoms with E-state index in [4.69, 9.17) is 9.47 Å². The van der Waals surface area contributed by atoms with Gasteiger partial charge in [-0.25, -0.2) is 4.79 Å². The van der Waals surface area contributed by atoms with E-state index in [-0.39, 0.29) is 23.6 Å². The number of ether oxygens (including phenoxy) is 2. The molecule has 0 atom stereocenters. The molecule has 0 bridgehead atoms. The van der Waals surface area contributed by atoms with Crippen LogP contribution in [0.1, 0.15) is 41.6 Å². The molecule has 6 nitrogen and oxygen atoms in total. The first-order chi connectivity index (χ1) is 15.6. The summed E-state index contributed by atoms with van der Waals surface area (Å²) in [5, 5.41) is 11.9. The number of benzene rings is 3. The summed E-state index contributed by atoms with van der Waals surface area (Å²) in [5.41, 5.74) is 1.14. The number of hydrogen-bond acceptors (Lipinski definition) is 4. The fourth-order valence-electron chi connectivity index (χ4n) is 3.75. The SMILES string of the molecule is O=C(Cc1ccc(Oc2ccc(OC3CCCC3)cc2)cc1)Nc1ccccc1C(=O)O. The number of amides is 1. The van der Waals surface area contributed by atoms with Gasteiger partial charge >= 0.3 is 5.97 Å². The summed E-state index contributed by atoms with van der Waals surface area (Å²) in [5.74, 6) is 0.857. The molecule has 0 radical (unpaired) electrons. The largest absolute Gasteiger partial charge is 0.490 e. The highest BCUT2D eigenvalue weighted by atomic mass is 16.5. The Labute approximate surface area is 186 Å². The second-order valence-electron chi connectivity index (χ2n) is 7.82. The van der Waals surface area contributed by atoms with Crippen LogP contribution >= 0.6 is 0 Å². The van der Waals surface area contributed by atoms with Gasteiger partial charge in [0.05, 0.1) is 23.8 Å². The predicted octanol–water partition coefficient (Wildman–Crippen LogP) is 5.68. The van der Waals surface area contributed by atoms with E-state index >= 15 is 0 Å². The molecule has 1 aliphatic rings. The highest BCUT2D eigenvalue weighted by Gasteiger charge is 2.16. The Morgan fingerprint density at radius 2 is 1.44 bits per heavy atom. The molecule has 0 unspecified atom stereocenters. The number of carbonyl (C=O) groups excluding carboxylic acids is 1. The molecular formula is C26H25NO5. The van der Waals surface area contributed by atoms with Gasteiger partial charge in [-0.1, -0.05) is 24.3 Å². The van der Waals surface area contributed by atoms with Gasteiger partial charge in [0.25, 0.3) is 0 Å². The number of para-hydroxylation sites is 1. The number of anilines is 1. The molecule has 3 aromatic rings. The van der Waals surface area contributed by atoms with Gasteiger partial charge in [0.2, 0.25) is 5.91 Å². The Kier molecular flexibility index (Phi) is 6.70. The highest BCUT2D eigenvalue weighted by Crippen LogP contribution is 2.27. The first kappa shape index (κ1) is 21.4. The van der Waals surface area contributed by atoms with Crippen LogP contribution in [-0.4, -0.2) is 23.1 Å². The third-order valence-corrected chi connectivity index (χ3v) is 5.38. The Morgan fingerprint density at radius 3 is 2.09 bits per heavy atom. The van der Waals surface area contributed by atoms with E-state index in [9.17, 15) is 14.7 Å². The molecule has 0 saturated heterocycles. The van der Waals surface area contributed by atoms with Gasteiger partial charge in [0.15, 0.2) is 0 Å². The van der Waals surface area contributed by atoms with Gasteiger partial charge < -0.3 is 19.9 Å². The average molecular weight is 431 g/mol. The van der Waals surface area contributed by atoms with E-state index in [0.29, 0.717) is 17.6 Å². The van der Waals surface area contributed by atoms with Crippen LogP contribution in [0.5, 0.6) is 17.2 Å². The molecule has 0 spiro atoms. The van der Waals surface area contributed by atoms with Crippen LogP contribution in [0.15, 0.2) is 72.8 Å². The van der Waals surface area contributed by atoms with Crippen molar-refractivity contribution in [3.05, 3.63) is 83.9 Å². The van der Waals surface area contributed by atoms with Crippen molar-refractivity contribution >= 4 is 17.6 Å². The van der Waals surface area contributed by atoms with Crippen LogP contribution in [0.4, 0.5) is 5.69 Å². The number of carboxylic acid groups (broad SMARTS) is 1. The van der Waals surface area contributed by atoms with Gasteiger partial charge in [0.1, 0.15) is 17.2 Å². The van der Waals surface area contributed by atoms with Gasteiger partial charge in [-0.15, -0.1) is 0 Å². The third kappa shape index (κ3) is 5.66. The minimum Gasteiger partial charge on any atom is -0.490 e. The van der Waals surface area contributed by atoms with Crippen LogP contribution in [-0.2, 0) is 11.2 Å². The number of hydrogen-bond donors (Lipinski definition) is 2. The van der Waals surface area contributed by atoms with Crippen LogP contribution < -0.4 is 14.8 Å². The van der Waals surface area contributed by atoms with Crippen LogP contribution in [0.2, 0.25) is 0 Å². The van der Waals surface area contributed by atoms with E-state index in [1.54, 1.807) is 30.3 Å². The van der Waals surface area contributed by atoms with Crippen molar-refractivity contribution in [1.29, 1.82) is 0 Å². The maximum atomic E-state index is 12.3. The summed E-state index contributed by atoms with van der Waals surface area (Å²) < 4.78 is 11.8. The quantitative estimate of drug-likeness (QED) is 0.479. The van der Waals surface area contributed by atoms with Crippen molar-refractivity contribution in [2.24, 2.45) is 0 Å². The Bertz CT molecular complexity index is 1070. The molecule has 1 fully saturated rings. The summed E-state index contributed by atoms with van der Waals surface area (Å²) in [6.07, 6.45) is 5.16. The topological polar surface area (TPSA) is 84.9 Å². The lowest BCUT2D eigenvalue weighted by atomic mass is 10.1. The second kappa shape index (κ2) is 10.0. The fraction of sp³-hybridized carbons (Fsp3) is 0.231. The summed E-state index contributed by atoms with van der Waals surface area (Å²) in [7, 11) is 0.